The summed E-state index contributed by atoms with van der Waals surface area (Å²) >= 11 is 0. The number of hydrogen-bond acceptors (Lipinski definition) is 2. The number of benzene rings is 2. The van der Waals surface area contributed by atoms with Crippen LogP contribution < -0.4 is 0 Å². The molecule has 120 valence electrons. The van der Waals surface area contributed by atoms with Gasteiger partial charge in [0.05, 0.1) is 6.54 Å². The number of hydrogen-bond donors (Lipinski definition) is 0. The highest BCUT2D eigenvalue weighted by molar-refractivity contribution is 5.85. The van der Waals surface area contributed by atoms with Gasteiger partial charge in [-0.1, -0.05) is 36.4 Å². The van der Waals surface area contributed by atoms with Gasteiger partial charge in [0.15, 0.2) is 0 Å². The normalized spacial score (nSPS) is 11.3. The van der Waals surface area contributed by atoms with Gasteiger partial charge >= 0.3 is 0 Å². The summed E-state index contributed by atoms with van der Waals surface area (Å²) in [7, 11) is 0. The van der Waals surface area contributed by atoms with E-state index in [4.69, 9.17) is 9.40 Å². The largest absolute Gasteiger partial charge is 0.441 e. The fourth-order valence-corrected chi connectivity index (χ4v) is 3.24. The zero-order valence-corrected chi connectivity index (χ0v) is 14.2. The quantitative estimate of drug-likeness (QED) is 0.515. The van der Waals surface area contributed by atoms with Crippen LogP contribution in [-0.4, -0.2) is 9.55 Å². The Hall–Kier alpha value is -2.81. The van der Waals surface area contributed by atoms with Crippen LogP contribution in [0.5, 0.6) is 0 Å². The van der Waals surface area contributed by atoms with Gasteiger partial charge in [-0.2, -0.15) is 0 Å². The Labute approximate surface area is 141 Å². The fourth-order valence-electron chi connectivity index (χ4n) is 3.24. The average molecular weight is 316 g/mol. The molecule has 0 aliphatic carbocycles. The number of aromatic nitrogens is 2. The highest BCUT2D eigenvalue weighted by Crippen LogP contribution is 2.27. The van der Waals surface area contributed by atoms with Crippen molar-refractivity contribution in [1.82, 2.24) is 9.55 Å². The summed E-state index contributed by atoms with van der Waals surface area (Å²) < 4.78 is 8.23. The van der Waals surface area contributed by atoms with E-state index in [1.165, 1.54) is 22.2 Å². The van der Waals surface area contributed by atoms with Gasteiger partial charge in [-0.25, -0.2) is 4.98 Å². The lowest BCUT2D eigenvalue weighted by Gasteiger charge is -2.06. The molecule has 4 rings (SSSR count). The van der Waals surface area contributed by atoms with Crippen molar-refractivity contribution in [3.63, 3.8) is 0 Å². The van der Waals surface area contributed by atoms with Crippen LogP contribution in [-0.2, 0) is 6.54 Å². The summed E-state index contributed by atoms with van der Waals surface area (Å²) in [6.07, 6.45) is 0. The topological polar surface area (TPSA) is 31.0 Å². The third-order valence-electron chi connectivity index (χ3n) is 4.77. The number of aryl methyl sites for hydroxylation is 2. The maximum Gasteiger partial charge on any atom is 0.226 e. The predicted molar refractivity (Wildman–Crippen MR) is 97.2 cm³/mol. The number of oxazole rings is 1. The van der Waals surface area contributed by atoms with E-state index in [1.807, 2.05) is 37.3 Å². The maximum absolute atomic E-state index is 5.91. The first-order valence-electron chi connectivity index (χ1n) is 8.21. The minimum atomic E-state index is 0.689. The molecule has 24 heavy (non-hydrogen) atoms. The Kier molecular flexibility index (Phi) is 3.49. The van der Waals surface area contributed by atoms with Gasteiger partial charge in [0.1, 0.15) is 11.5 Å². The molecule has 0 unspecified atom stereocenters. The predicted octanol–water partition coefficient (Wildman–Crippen LogP) is 5.27. The van der Waals surface area contributed by atoms with Crippen molar-refractivity contribution >= 4 is 10.9 Å². The smallest absolute Gasteiger partial charge is 0.226 e. The SMILES string of the molecule is Cc1oc(-c2ccccc2)nc1Cn1c(C)c(C)c2ccccc21. The lowest BCUT2D eigenvalue weighted by atomic mass is 10.2. The van der Waals surface area contributed by atoms with Crippen molar-refractivity contribution in [2.45, 2.75) is 27.3 Å². The number of fused-ring (bicyclic) bond motifs is 1. The van der Waals surface area contributed by atoms with Crippen molar-refractivity contribution in [3.05, 3.63) is 77.3 Å². The molecule has 4 aromatic rings. The average Bonchev–Trinajstić information content (AvgIpc) is 3.10. The van der Waals surface area contributed by atoms with Crippen LogP contribution in [0.3, 0.4) is 0 Å². The molecule has 0 spiro atoms. The third kappa shape index (κ3) is 2.33. The molecule has 0 bridgehead atoms. The van der Waals surface area contributed by atoms with Crippen LogP contribution in [0.2, 0.25) is 0 Å². The van der Waals surface area contributed by atoms with E-state index in [0.29, 0.717) is 5.89 Å². The van der Waals surface area contributed by atoms with E-state index < -0.39 is 0 Å². The lowest BCUT2D eigenvalue weighted by molar-refractivity contribution is 0.538. The maximum atomic E-state index is 5.91. The molecule has 0 radical (unpaired) electrons. The molecular weight excluding hydrogens is 296 g/mol. The van der Waals surface area contributed by atoms with Crippen molar-refractivity contribution in [1.29, 1.82) is 0 Å². The van der Waals surface area contributed by atoms with Crippen molar-refractivity contribution in [3.8, 4) is 11.5 Å². The van der Waals surface area contributed by atoms with E-state index in [9.17, 15) is 0 Å². The van der Waals surface area contributed by atoms with Crippen LogP contribution in [0.15, 0.2) is 59.0 Å². The van der Waals surface area contributed by atoms with E-state index in [1.54, 1.807) is 0 Å². The second kappa shape index (κ2) is 5.68. The minimum Gasteiger partial charge on any atom is -0.441 e. The molecule has 3 heteroatoms. The first-order chi connectivity index (χ1) is 11.6. The Morgan fingerprint density at radius 3 is 2.42 bits per heavy atom. The third-order valence-corrected chi connectivity index (χ3v) is 4.77. The molecule has 0 amide bonds. The highest BCUT2D eigenvalue weighted by Gasteiger charge is 2.15. The first kappa shape index (κ1) is 14.8. The molecular formula is C21H20N2O. The fraction of sp³-hybridized carbons (Fsp3) is 0.190. The summed E-state index contributed by atoms with van der Waals surface area (Å²) in [5.74, 6) is 1.57. The molecule has 2 aromatic heterocycles. The Morgan fingerprint density at radius 1 is 0.917 bits per heavy atom. The van der Waals surface area contributed by atoms with Crippen LogP contribution in [0.1, 0.15) is 22.7 Å². The molecule has 0 saturated carbocycles. The van der Waals surface area contributed by atoms with E-state index in [2.05, 4.69) is 42.7 Å². The number of para-hydroxylation sites is 1. The lowest BCUT2D eigenvalue weighted by Crippen LogP contribution is -2.03. The molecule has 2 aromatic carbocycles. The monoisotopic (exact) mass is 316 g/mol. The molecule has 3 nitrogen and oxygen atoms in total. The van der Waals surface area contributed by atoms with Crippen molar-refractivity contribution < 1.29 is 4.42 Å². The van der Waals surface area contributed by atoms with Gasteiger partial charge in [-0.15, -0.1) is 0 Å². The van der Waals surface area contributed by atoms with Crippen LogP contribution in [0.4, 0.5) is 0 Å². The standard InChI is InChI=1S/C21H20N2O/c1-14-15(2)23(20-12-8-7-11-18(14)20)13-19-16(3)24-21(22-19)17-9-5-4-6-10-17/h4-12H,13H2,1-3H3. The van der Waals surface area contributed by atoms with Gasteiger partial charge in [0.25, 0.3) is 0 Å². The zero-order valence-electron chi connectivity index (χ0n) is 14.2. The van der Waals surface area contributed by atoms with Crippen molar-refractivity contribution in [2.24, 2.45) is 0 Å². The summed E-state index contributed by atoms with van der Waals surface area (Å²) in [6.45, 7) is 7.06. The van der Waals surface area contributed by atoms with E-state index in [0.717, 1.165) is 23.6 Å². The Morgan fingerprint density at radius 2 is 1.62 bits per heavy atom. The summed E-state index contributed by atoms with van der Waals surface area (Å²) in [4.78, 5) is 4.74. The summed E-state index contributed by atoms with van der Waals surface area (Å²) in [5, 5.41) is 1.31. The number of rotatable bonds is 3. The second-order valence-electron chi connectivity index (χ2n) is 6.20. The van der Waals surface area contributed by atoms with Crippen LogP contribution >= 0.6 is 0 Å². The number of nitrogens with zero attached hydrogens (tertiary/aromatic N) is 2. The van der Waals surface area contributed by atoms with Gasteiger partial charge in [-0.3, -0.25) is 0 Å². The van der Waals surface area contributed by atoms with Crippen LogP contribution in [0, 0.1) is 20.8 Å². The molecule has 0 aliphatic rings. The van der Waals surface area contributed by atoms with Gasteiger partial charge in [-0.05, 0) is 44.5 Å². The van der Waals surface area contributed by atoms with Crippen molar-refractivity contribution in [2.75, 3.05) is 0 Å². The summed E-state index contributed by atoms with van der Waals surface area (Å²) in [6, 6.07) is 18.6. The Balaban J connectivity index is 1.77. The molecule has 0 aliphatic heterocycles. The van der Waals surface area contributed by atoms with Gasteiger partial charge < -0.3 is 8.98 Å². The minimum absolute atomic E-state index is 0.689. The second-order valence-corrected chi connectivity index (χ2v) is 6.20. The molecule has 0 N–H and O–H groups in total. The molecule has 0 atom stereocenters. The summed E-state index contributed by atoms with van der Waals surface area (Å²) in [5.41, 5.74) is 5.85. The van der Waals surface area contributed by atoms with Crippen LogP contribution in [0.25, 0.3) is 22.4 Å². The van der Waals surface area contributed by atoms with E-state index >= 15 is 0 Å². The van der Waals surface area contributed by atoms with Gasteiger partial charge in [0, 0.05) is 22.2 Å². The van der Waals surface area contributed by atoms with E-state index in [-0.39, 0.29) is 0 Å². The molecule has 0 fully saturated rings. The zero-order chi connectivity index (χ0) is 16.7. The first-order valence-corrected chi connectivity index (χ1v) is 8.21. The molecule has 2 heterocycles. The van der Waals surface area contributed by atoms with Gasteiger partial charge in [0.2, 0.25) is 5.89 Å². The Bertz CT molecular complexity index is 1010. The highest BCUT2D eigenvalue weighted by atomic mass is 16.4. The molecule has 0 saturated heterocycles.